The molecule has 0 aromatic heterocycles. The van der Waals surface area contributed by atoms with Crippen molar-refractivity contribution in [3.63, 3.8) is 0 Å². The fourth-order valence-electron chi connectivity index (χ4n) is 1.02. The summed E-state index contributed by atoms with van der Waals surface area (Å²) in [6.07, 6.45) is -0.748. The van der Waals surface area contributed by atoms with Crippen LogP contribution in [0.25, 0.3) is 0 Å². The van der Waals surface area contributed by atoms with Crippen molar-refractivity contribution in [3.8, 4) is 5.75 Å². The number of hydrogen-bond donors (Lipinski definition) is 1. The quantitative estimate of drug-likeness (QED) is 0.481. The summed E-state index contributed by atoms with van der Waals surface area (Å²) < 4.78 is 9.56. The Morgan fingerprint density at radius 3 is 2.80 bits per heavy atom. The molecule has 0 heterocycles. The van der Waals surface area contributed by atoms with Crippen LogP contribution in [0.5, 0.6) is 5.75 Å². The van der Waals surface area contributed by atoms with Crippen LogP contribution in [-0.4, -0.2) is 12.8 Å². The Labute approximate surface area is 92.9 Å². The first-order chi connectivity index (χ1) is 7.04. The van der Waals surface area contributed by atoms with Gasteiger partial charge in [0.25, 0.3) is 0 Å². The lowest BCUT2D eigenvalue weighted by Crippen LogP contribution is -2.11. The Kier molecular flexibility index (Phi) is 3.80. The number of nitrogen functional groups attached to an aromatic ring is 1. The predicted octanol–water partition coefficient (Wildman–Crippen LogP) is 2.77. The van der Waals surface area contributed by atoms with Gasteiger partial charge in [0.15, 0.2) is 0 Å². The van der Waals surface area contributed by atoms with E-state index in [1.807, 2.05) is 0 Å². The van der Waals surface area contributed by atoms with Crippen LogP contribution in [0, 0.1) is 6.92 Å². The van der Waals surface area contributed by atoms with Crippen molar-refractivity contribution in [2.45, 2.75) is 13.8 Å². The molecule has 4 nitrogen and oxygen atoms in total. The molecule has 0 bridgehead atoms. The topological polar surface area (TPSA) is 61.5 Å². The molecule has 0 atom stereocenters. The Balaban J connectivity index is 2.86. The maximum atomic E-state index is 11.0. The van der Waals surface area contributed by atoms with Crippen LogP contribution in [0.1, 0.15) is 12.5 Å². The summed E-state index contributed by atoms with van der Waals surface area (Å²) in [5.74, 6) is 0.357. The minimum absolute atomic E-state index is 0.265. The van der Waals surface area contributed by atoms with E-state index in [4.69, 9.17) is 22.1 Å². The highest BCUT2D eigenvalue weighted by Crippen LogP contribution is 2.28. The van der Waals surface area contributed by atoms with E-state index in [1.54, 1.807) is 19.9 Å². The molecule has 0 spiro atoms. The van der Waals surface area contributed by atoms with Gasteiger partial charge >= 0.3 is 6.16 Å². The van der Waals surface area contributed by atoms with Crippen LogP contribution in [-0.2, 0) is 4.74 Å². The molecule has 0 unspecified atom stereocenters. The zero-order valence-corrected chi connectivity index (χ0v) is 9.30. The van der Waals surface area contributed by atoms with Crippen LogP contribution >= 0.6 is 11.6 Å². The molecule has 0 amide bonds. The van der Waals surface area contributed by atoms with Crippen LogP contribution in [0.2, 0.25) is 5.02 Å². The molecule has 0 fully saturated rings. The van der Waals surface area contributed by atoms with Crippen molar-refractivity contribution >= 4 is 23.4 Å². The number of carbonyl (C=O) groups is 1. The Bertz CT molecular complexity index is 379. The molecule has 0 aliphatic carbocycles. The number of hydrogen-bond acceptors (Lipinski definition) is 4. The van der Waals surface area contributed by atoms with Gasteiger partial charge in [-0.25, -0.2) is 4.79 Å². The number of halogens is 1. The van der Waals surface area contributed by atoms with Gasteiger partial charge in [0.1, 0.15) is 5.75 Å². The second-order valence-electron chi connectivity index (χ2n) is 2.92. The number of anilines is 1. The number of ether oxygens (including phenoxy) is 2. The average Bonchev–Trinajstić information content (AvgIpc) is 2.14. The van der Waals surface area contributed by atoms with Gasteiger partial charge in [-0.05, 0) is 25.5 Å². The molecule has 0 aliphatic heterocycles. The average molecular weight is 230 g/mol. The Hall–Kier alpha value is -1.42. The van der Waals surface area contributed by atoms with E-state index in [0.29, 0.717) is 16.5 Å². The van der Waals surface area contributed by atoms with E-state index < -0.39 is 6.16 Å². The molecule has 0 saturated carbocycles. The first-order valence-electron chi connectivity index (χ1n) is 4.44. The van der Waals surface area contributed by atoms with E-state index in [2.05, 4.69) is 4.74 Å². The highest BCUT2D eigenvalue weighted by Gasteiger charge is 2.09. The number of rotatable bonds is 2. The molecule has 0 radical (unpaired) electrons. The molecule has 2 N–H and O–H groups in total. The first-order valence-corrected chi connectivity index (χ1v) is 4.82. The highest BCUT2D eigenvalue weighted by molar-refractivity contribution is 6.33. The van der Waals surface area contributed by atoms with Crippen LogP contribution < -0.4 is 10.5 Å². The summed E-state index contributed by atoms with van der Waals surface area (Å²) >= 11 is 5.79. The molecule has 15 heavy (non-hydrogen) atoms. The van der Waals surface area contributed by atoms with Crippen LogP contribution in [0.15, 0.2) is 12.1 Å². The lowest BCUT2D eigenvalue weighted by atomic mass is 10.2. The highest BCUT2D eigenvalue weighted by atomic mass is 35.5. The van der Waals surface area contributed by atoms with Crippen molar-refractivity contribution in [1.82, 2.24) is 0 Å². The van der Waals surface area contributed by atoms with Gasteiger partial charge in [-0.15, -0.1) is 0 Å². The Morgan fingerprint density at radius 1 is 1.53 bits per heavy atom. The minimum Gasteiger partial charge on any atom is -0.434 e. The van der Waals surface area contributed by atoms with E-state index in [-0.39, 0.29) is 6.61 Å². The Morgan fingerprint density at radius 2 is 2.20 bits per heavy atom. The molecule has 82 valence electrons. The van der Waals surface area contributed by atoms with Crippen molar-refractivity contribution in [2.24, 2.45) is 0 Å². The maximum Gasteiger partial charge on any atom is 0.513 e. The lowest BCUT2D eigenvalue weighted by Gasteiger charge is -2.08. The first kappa shape index (κ1) is 11.7. The molecule has 1 rings (SSSR count). The lowest BCUT2D eigenvalue weighted by molar-refractivity contribution is 0.104. The molecular formula is C10H12ClNO3. The minimum atomic E-state index is -0.748. The molecule has 5 heteroatoms. The third-order valence-corrected chi connectivity index (χ3v) is 2.08. The summed E-state index contributed by atoms with van der Waals surface area (Å²) in [4.78, 5) is 11.0. The monoisotopic (exact) mass is 229 g/mol. The number of aryl methyl sites for hydroxylation is 1. The predicted molar refractivity (Wildman–Crippen MR) is 58.3 cm³/mol. The number of nitrogens with two attached hydrogens (primary N) is 1. The standard InChI is InChI=1S/C10H12ClNO3/c1-3-14-10(13)15-9-5-8(12)7(11)4-6(9)2/h4-5H,3,12H2,1-2H3. The largest absolute Gasteiger partial charge is 0.513 e. The maximum absolute atomic E-state index is 11.0. The summed E-state index contributed by atoms with van der Waals surface area (Å²) in [7, 11) is 0. The molecule has 1 aromatic rings. The normalized spacial score (nSPS) is 9.80. The zero-order chi connectivity index (χ0) is 11.4. The zero-order valence-electron chi connectivity index (χ0n) is 8.54. The van der Waals surface area contributed by atoms with E-state index in [9.17, 15) is 4.79 Å². The van der Waals surface area contributed by atoms with Gasteiger partial charge in [-0.1, -0.05) is 11.6 Å². The van der Waals surface area contributed by atoms with Gasteiger partial charge in [-0.2, -0.15) is 0 Å². The number of benzene rings is 1. The second-order valence-corrected chi connectivity index (χ2v) is 3.33. The number of carbonyl (C=O) groups excluding carboxylic acids is 1. The van der Waals surface area contributed by atoms with E-state index in [1.165, 1.54) is 6.07 Å². The third kappa shape index (κ3) is 3.02. The fourth-order valence-corrected chi connectivity index (χ4v) is 1.23. The molecular weight excluding hydrogens is 218 g/mol. The smallest absolute Gasteiger partial charge is 0.434 e. The van der Waals surface area contributed by atoms with Gasteiger partial charge in [0.2, 0.25) is 0 Å². The van der Waals surface area contributed by atoms with E-state index >= 15 is 0 Å². The molecule has 1 aromatic carbocycles. The van der Waals surface area contributed by atoms with Gasteiger partial charge < -0.3 is 15.2 Å². The van der Waals surface area contributed by atoms with Crippen molar-refractivity contribution in [2.75, 3.05) is 12.3 Å². The van der Waals surface area contributed by atoms with Crippen molar-refractivity contribution < 1.29 is 14.3 Å². The van der Waals surface area contributed by atoms with Crippen LogP contribution in [0.3, 0.4) is 0 Å². The molecule has 0 aliphatic rings. The molecule has 0 saturated heterocycles. The summed E-state index contributed by atoms with van der Waals surface area (Å²) in [5, 5.41) is 0.434. The van der Waals surface area contributed by atoms with Crippen molar-refractivity contribution in [1.29, 1.82) is 0 Å². The van der Waals surface area contributed by atoms with Gasteiger partial charge in [-0.3, -0.25) is 0 Å². The van der Waals surface area contributed by atoms with Gasteiger partial charge in [0.05, 0.1) is 17.3 Å². The third-order valence-electron chi connectivity index (χ3n) is 1.75. The summed E-state index contributed by atoms with van der Waals surface area (Å²) in [6, 6.07) is 3.13. The summed E-state index contributed by atoms with van der Waals surface area (Å²) in [6.45, 7) is 3.73. The fraction of sp³-hybridized carbons (Fsp3) is 0.300. The SMILES string of the molecule is CCOC(=O)Oc1cc(N)c(Cl)cc1C. The van der Waals surface area contributed by atoms with Crippen LogP contribution in [0.4, 0.5) is 10.5 Å². The summed E-state index contributed by atoms with van der Waals surface area (Å²) in [5.41, 5.74) is 6.66. The second kappa shape index (κ2) is 4.89. The van der Waals surface area contributed by atoms with E-state index in [0.717, 1.165) is 5.56 Å². The van der Waals surface area contributed by atoms with Gasteiger partial charge in [0, 0.05) is 6.07 Å². The van der Waals surface area contributed by atoms with Crippen molar-refractivity contribution in [3.05, 3.63) is 22.7 Å².